The number of nitrogens with two attached hydrogens (primary N) is 1. The predicted octanol–water partition coefficient (Wildman–Crippen LogP) is 3.58. The third kappa shape index (κ3) is 7.08. The first-order chi connectivity index (χ1) is 13.1. The van der Waals surface area contributed by atoms with Crippen molar-refractivity contribution in [1.29, 1.82) is 0 Å². The van der Waals surface area contributed by atoms with E-state index in [1.54, 1.807) is 33.5 Å². The average Bonchev–Trinajstić information content (AvgIpc) is 2.67. The summed E-state index contributed by atoms with van der Waals surface area (Å²) >= 11 is 0. The van der Waals surface area contributed by atoms with E-state index in [0.717, 1.165) is 22.6 Å². The molecule has 0 spiro atoms. The molecule has 0 amide bonds. The van der Waals surface area contributed by atoms with E-state index in [-0.39, 0.29) is 24.0 Å². The summed E-state index contributed by atoms with van der Waals surface area (Å²) in [5.74, 6) is 2.35. The first-order valence-corrected chi connectivity index (χ1v) is 8.57. The van der Waals surface area contributed by atoms with Crippen molar-refractivity contribution in [2.75, 3.05) is 39.9 Å². The Morgan fingerprint density at radius 1 is 0.964 bits per heavy atom. The quantitative estimate of drug-likeness (QED) is 0.237. The summed E-state index contributed by atoms with van der Waals surface area (Å²) in [5, 5.41) is 3.05. The second-order valence-electron chi connectivity index (χ2n) is 5.85. The number of nitrogens with zero attached hydrogens (tertiary/aromatic N) is 1. The van der Waals surface area contributed by atoms with Gasteiger partial charge in [0.1, 0.15) is 12.4 Å². The number of halogens is 1. The van der Waals surface area contributed by atoms with Gasteiger partial charge in [0.05, 0.1) is 27.4 Å². The highest BCUT2D eigenvalue weighted by molar-refractivity contribution is 14.0. The van der Waals surface area contributed by atoms with Gasteiger partial charge in [-0.1, -0.05) is 12.1 Å². The molecule has 2 aromatic carbocycles. The normalized spacial score (nSPS) is 10.8. The van der Waals surface area contributed by atoms with E-state index >= 15 is 0 Å². The lowest BCUT2D eigenvalue weighted by Crippen LogP contribution is -2.22. The molecule has 0 aromatic heterocycles. The molecule has 28 heavy (non-hydrogen) atoms. The number of hydrogen-bond donors (Lipinski definition) is 2. The zero-order chi connectivity index (χ0) is 19.6. The number of rotatable bonds is 9. The minimum absolute atomic E-state index is 0. The van der Waals surface area contributed by atoms with Crippen molar-refractivity contribution in [3.8, 4) is 17.2 Å². The number of nitrogens with one attached hydrogen (secondary N) is 1. The minimum atomic E-state index is 0. The van der Waals surface area contributed by atoms with Gasteiger partial charge in [0.25, 0.3) is 0 Å². The molecule has 0 radical (unpaired) electrons. The second kappa shape index (κ2) is 12.3. The van der Waals surface area contributed by atoms with Gasteiger partial charge in [-0.05, 0) is 30.7 Å². The molecular formula is C20H28IN3O4. The highest BCUT2D eigenvalue weighted by Crippen LogP contribution is 2.29. The third-order valence-corrected chi connectivity index (χ3v) is 3.84. The van der Waals surface area contributed by atoms with Crippen molar-refractivity contribution in [1.82, 2.24) is 0 Å². The van der Waals surface area contributed by atoms with Crippen LogP contribution >= 0.6 is 24.0 Å². The average molecular weight is 501 g/mol. The number of ether oxygens (including phenoxy) is 4. The van der Waals surface area contributed by atoms with Gasteiger partial charge in [-0.15, -0.1) is 24.0 Å². The number of hydrogen-bond acceptors (Lipinski definition) is 5. The minimum Gasteiger partial charge on any atom is -0.493 e. The van der Waals surface area contributed by atoms with Gasteiger partial charge in [-0.3, -0.25) is 0 Å². The first-order valence-electron chi connectivity index (χ1n) is 8.57. The van der Waals surface area contributed by atoms with Crippen molar-refractivity contribution in [2.24, 2.45) is 10.7 Å². The molecule has 0 heterocycles. The highest BCUT2D eigenvalue weighted by atomic mass is 127. The van der Waals surface area contributed by atoms with E-state index in [1.165, 1.54) is 0 Å². The van der Waals surface area contributed by atoms with Crippen LogP contribution in [0, 0.1) is 6.92 Å². The molecule has 0 saturated heterocycles. The van der Waals surface area contributed by atoms with Crippen molar-refractivity contribution < 1.29 is 18.9 Å². The Morgan fingerprint density at radius 3 is 2.39 bits per heavy atom. The van der Waals surface area contributed by atoms with E-state index in [4.69, 9.17) is 24.7 Å². The van der Waals surface area contributed by atoms with E-state index < -0.39 is 0 Å². The standard InChI is InChI=1S/C20H27N3O4.HI/c1-14-5-6-15(18(11-14)27-10-9-24-2)13-22-20(21)23-16-7-8-17(25-3)19(12-16)26-4;/h5-8,11-12H,9-10,13H2,1-4H3,(H3,21,22,23);1H. The van der Waals surface area contributed by atoms with Gasteiger partial charge in [-0.2, -0.15) is 0 Å². The van der Waals surface area contributed by atoms with Crippen molar-refractivity contribution >= 4 is 35.6 Å². The zero-order valence-electron chi connectivity index (χ0n) is 16.7. The molecule has 2 rings (SSSR count). The smallest absolute Gasteiger partial charge is 0.193 e. The maximum atomic E-state index is 6.02. The van der Waals surface area contributed by atoms with Gasteiger partial charge in [0, 0.05) is 24.4 Å². The van der Waals surface area contributed by atoms with Crippen LogP contribution in [0.3, 0.4) is 0 Å². The van der Waals surface area contributed by atoms with Crippen LogP contribution in [-0.4, -0.2) is 40.5 Å². The zero-order valence-corrected chi connectivity index (χ0v) is 19.0. The summed E-state index contributed by atoms with van der Waals surface area (Å²) in [7, 11) is 4.82. The fourth-order valence-electron chi connectivity index (χ4n) is 2.43. The lowest BCUT2D eigenvalue weighted by atomic mass is 10.1. The van der Waals surface area contributed by atoms with Crippen molar-refractivity contribution in [3.05, 3.63) is 47.5 Å². The van der Waals surface area contributed by atoms with Crippen LogP contribution < -0.4 is 25.3 Å². The summed E-state index contributed by atoms with van der Waals surface area (Å²) in [6.07, 6.45) is 0. The van der Waals surface area contributed by atoms with Crippen LogP contribution in [-0.2, 0) is 11.3 Å². The molecule has 8 heteroatoms. The Bertz CT molecular complexity index is 784. The monoisotopic (exact) mass is 501 g/mol. The first kappa shape index (κ1) is 23.8. The Labute approximate surface area is 183 Å². The van der Waals surface area contributed by atoms with Crippen molar-refractivity contribution in [3.63, 3.8) is 0 Å². The van der Waals surface area contributed by atoms with Crippen LogP contribution in [0.1, 0.15) is 11.1 Å². The van der Waals surface area contributed by atoms with Crippen LogP contribution in [0.5, 0.6) is 17.2 Å². The third-order valence-electron chi connectivity index (χ3n) is 3.84. The molecule has 2 aromatic rings. The summed E-state index contributed by atoms with van der Waals surface area (Å²) in [4.78, 5) is 4.41. The number of guanidine groups is 1. The molecule has 7 nitrogen and oxygen atoms in total. The number of aliphatic imine (C=N–C) groups is 1. The molecular weight excluding hydrogens is 473 g/mol. The summed E-state index contributed by atoms with van der Waals surface area (Å²) in [6, 6.07) is 11.4. The van der Waals surface area contributed by atoms with Crippen LogP contribution in [0.15, 0.2) is 41.4 Å². The van der Waals surface area contributed by atoms with E-state index in [9.17, 15) is 0 Å². The van der Waals surface area contributed by atoms with Gasteiger partial charge in [-0.25, -0.2) is 4.99 Å². The summed E-state index contributed by atoms with van der Waals surface area (Å²) in [5.41, 5.74) is 8.85. The van der Waals surface area contributed by atoms with Crippen LogP contribution in [0.25, 0.3) is 0 Å². The lowest BCUT2D eigenvalue weighted by molar-refractivity contribution is 0.146. The summed E-state index contributed by atoms with van der Waals surface area (Å²) < 4.78 is 21.3. The highest BCUT2D eigenvalue weighted by Gasteiger charge is 2.07. The Morgan fingerprint density at radius 2 is 1.71 bits per heavy atom. The van der Waals surface area contributed by atoms with E-state index in [0.29, 0.717) is 37.2 Å². The van der Waals surface area contributed by atoms with Gasteiger partial charge in [0.15, 0.2) is 17.5 Å². The molecule has 154 valence electrons. The Kier molecular flexibility index (Phi) is 10.5. The van der Waals surface area contributed by atoms with Gasteiger partial charge >= 0.3 is 0 Å². The number of aryl methyl sites for hydroxylation is 1. The SMILES string of the molecule is COCCOc1cc(C)ccc1CN=C(N)Nc1ccc(OC)c(OC)c1.I. The molecule has 0 aliphatic rings. The molecule has 0 saturated carbocycles. The lowest BCUT2D eigenvalue weighted by Gasteiger charge is -2.12. The number of methoxy groups -OCH3 is 3. The van der Waals surface area contributed by atoms with E-state index in [1.807, 2.05) is 31.2 Å². The van der Waals surface area contributed by atoms with Gasteiger partial charge < -0.3 is 30.0 Å². The second-order valence-corrected chi connectivity index (χ2v) is 5.85. The largest absolute Gasteiger partial charge is 0.493 e. The molecule has 0 unspecified atom stereocenters. The van der Waals surface area contributed by atoms with E-state index in [2.05, 4.69) is 10.3 Å². The molecule has 0 fully saturated rings. The fourth-order valence-corrected chi connectivity index (χ4v) is 2.43. The fraction of sp³-hybridized carbons (Fsp3) is 0.350. The number of benzene rings is 2. The predicted molar refractivity (Wildman–Crippen MR) is 122 cm³/mol. The molecule has 0 atom stereocenters. The molecule has 0 bridgehead atoms. The Hall–Kier alpha value is -2.20. The van der Waals surface area contributed by atoms with Gasteiger partial charge in [0.2, 0.25) is 0 Å². The van der Waals surface area contributed by atoms with Crippen LogP contribution in [0.2, 0.25) is 0 Å². The van der Waals surface area contributed by atoms with Crippen molar-refractivity contribution in [2.45, 2.75) is 13.5 Å². The molecule has 0 aliphatic carbocycles. The number of anilines is 1. The maximum Gasteiger partial charge on any atom is 0.193 e. The maximum absolute atomic E-state index is 6.02. The Balaban J connectivity index is 0.00000392. The molecule has 3 N–H and O–H groups in total. The topological polar surface area (TPSA) is 87.3 Å². The summed E-state index contributed by atoms with van der Waals surface area (Å²) in [6.45, 7) is 3.42. The van der Waals surface area contributed by atoms with Crippen LogP contribution in [0.4, 0.5) is 5.69 Å². The molecule has 0 aliphatic heterocycles.